The molecule has 2 aromatic rings. The fourth-order valence-electron chi connectivity index (χ4n) is 3.83. The molecule has 0 aliphatic carbocycles. The summed E-state index contributed by atoms with van der Waals surface area (Å²) in [5, 5.41) is 23.4. The Morgan fingerprint density at radius 1 is 1.38 bits per heavy atom. The van der Waals surface area contributed by atoms with Crippen molar-refractivity contribution in [1.82, 2.24) is 10.1 Å². The number of aliphatic hydroxyl groups is 1. The van der Waals surface area contributed by atoms with E-state index >= 15 is 0 Å². The van der Waals surface area contributed by atoms with Gasteiger partial charge >= 0.3 is 5.97 Å². The highest BCUT2D eigenvalue weighted by Gasteiger charge is 2.57. The van der Waals surface area contributed by atoms with Crippen LogP contribution in [-0.2, 0) is 16.0 Å². The molecule has 0 bridgehead atoms. The molecule has 1 amide bonds. The molecule has 0 saturated carbocycles. The number of aliphatic carboxylic acids is 1. The molecule has 1 fully saturated rings. The van der Waals surface area contributed by atoms with Crippen molar-refractivity contribution in [2.45, 2.75) is 31.9 Å². The minimum Gasteiger partial charge on any atom is -0.477 e. The molecule has 7 nitrogen and oxygen atoms in total. The first-order valence-corrected chi connectivity index (χ1v) is 8.45. The summed E-state index contributed by atoms with van der Waals surface area (Å²) in [6, 6.07) is 11.1. The molecule has 1 aromatic carbocycles. The zero-order valence-electron chi connectivity index (χ0n) is 14.1. The summed E-state index contributed by atoms with van der Waals surface area (Å²) < 4.78 is 5.38. The van der Waals surface area contributed by atoms with Crippen LogP contribution in [-0.4, -0.2) is 44.3 Å². The number of benzene rings is 1. The molecule has 3 heterocycles. The zero-order chi connectivity index (χ0) is 18.4. The van der Waals surface area contributed by atoms with Gasteiger partial charge in [0.1, 0.15) is 5.70 Å². The van der Waals surface area contributed by atoms with Gasteiger partial charge in [-0.05, 0) is 12.5 Å². The van der Waals surface area contributed by atoms with Crippen LogP contribution in [0.1, 0.15) is 30.4 Å². The van der Waals surface area contributed by atoms with Crippen LogP contribution in [0.25, 0.3) is 5.57 Å². The Kier molecular flexibility index (Phi) is 3.88. The van der Waals surface area contributed by atoms with Crippen LogP contribution >= 0.6 is 0 Å². The number of β-lactam (4-membered cyclic amide) rings is 1. The van der Waals surface area contributed by atoms with Crippen LogP contribution in [0.4, 0.5) is 0 Å². The predicted octanol–water partition coefficient (Wildman–Crippen LogP) is 1.67. The molecular formula is C19H18N2O5. The number of carbonyl (C=O) groups is 2. The maximum atomic E-state index is 12.2. The normalized spacial score (nSPS) is 23.0. The van der Waals surface area contributed by atoms with Crippen molar-refractivity contribution in [3.63, 3.8) is 0 Å². The van der Waals surface area contributed by atoms with Crippen LogP contribution in [0, 0.1) is 5.92 Å². The first-order chi connectivity index (χ1) is 12.5. The van der Waals surface area contributed by atoms with Gasteiger partial charge in [0.2, 0.25) is 5.91 Å². The van der Waals surface area contributed by atoms with Crippen LogP contribution in [0.3, 0.4) is 0 Å². The standard InChI is InChI=1S/C19H18N2O5/c1-10(22)16-14-9-13(17(19(24)25)21(14)18(16)23)15-8-12(20-26-15)7-11-5-3-2-4-6-11/h2-6,8,10,14,16,22H,7,9H2,1H3,(H,24,25)/t10-,14-,16-/m1/s1. The summed E-state index contributed by atoms with van der Waals surface area (Å²) in [7, 11) is 0. The van der Waals surface area contributed by atoms with E-state index in [0.29, 0.717) is 29.9 Å². The van der Waals surface area contributed by atoms with Gasteiger partial charge < -0.3 is 19.6 Å². The quantitative estimate of drug-likeness (QED) is 0.792. The molecule has 2 aliphatic rings. The van der Waals surface area contributed by atoms with Gasteiger partial charge in [0.05, 0.1) is 23.8 Å². The summed E-state index contributed by atoms with van der Waals surface area (Å²) in [5.74, 6) is -1.75. The molecule has 2 N–H and O–H groups in total. The summed E-state index contributed by atoms with van der Waals surface area (Å²) in [5.41, 5.74) is 2.14. The number of carboxylic acid groups (broad SMARTS) is 1. The van der Waals surface area contributed by atoms with Crippen LogP contribution in [0.5, 0.6) is 0 Å². The number of hydrogen-bond acceptors (Lipinski definition) is 5. The maximum Gasteiger partial charge on any atom is 0.353 e. The minimum absolute atomic E-state index is 0.0701. The third-order valence-electron chi connectivity index (χ3n) is 5.02. The highest BCUT2D eigenvalue weighted by atomic mass is 16.5. The van der Waals surface area contributed by atoms with Gasteiger partial charge in [-0.2, -0.15) is 0 Å². The minimum atomic E-state index is -1.18. The topological polar surface area (TPSA) is 104 Å². The average molecular weight is 354 g/mol. The number of fused-ring (bicyclic) bond motifs is 1. The van der Waals surface area contributed by atoms with Crippen LogP contribution < -0.4 is 0 Å². The largest absolute Gasteiger partial charge is 0.477 e. The second-order valence-electron chi connectivity index (χ2n) is 6.72. The number of rotatable bonds is 5. The molecule has 7 heteroatoms. The molecule has 26 heavy (non-hydrogen) atoms. The highest BCUT2D eigenvalue weighted by molar-refractivity contribution is 6.05. The fraction of sp³-hybridized carbons (Fsp3) is 0.316. The molecule has 0 unspecified atom stereocenters. The maximum absolute atomic E-state index is 12.2. The monoisotopic (exact) mass is 354 g/mol. The Hall–Kier alpha value is -2.93. The molecule has 3 atom stereocenters. The van der Waals surface area contributed by atoms with Gasteiger partial charge in [-0.3, -0.25) is 4.79 Å². The van der Waals surface area contributed by atoms with Gasteiger partial charge in [-0.15, -0.1) is 0 Å². The molecule has 1 saturated heterocycles. The van der Waals surface area contributed by atoms with Crippen molar-refractivity contribution >= 4 is 17.4 Å². The Morgan fingerprint density at radius 3 is 2.77 bits per heavy atom. The van der Waals surface area contributed by atoms with Gasteiger partial charge in [0.15, 0.2) is 5.76 Å². The van der Waals surface area contributed by atoms with Crippen molar-refractivity contribution in [1.29, 1.82) is 0 Å². The number of aliphatic hydroxyl groups excluding tert-OH is 1. The Morgan fingerprint density at radius 2 is 2.12 bits per heavy atom. The van der Waals surface area contributed by atoms with E-state index in [4.69, 9.17) is 4.52 Å². The van der Waals surface area contributed by atoms with E-state index in [1.54, 1.807) is 13.0 Å². The number of amides is 1. The smallest absolute Gasteiger partial charge is 0.353 e. The summed E-state index contributed by atoms with van der Waals surface area (Å²) in [6.45, 7) is 1.55. The summed E-state index contributed by atoms with van der Waals surface area (Å²) >= 11 is 0. The first kappa shape index (κ1) is 16.5. The second-order valence-corrected chi connectivity index (χ2v) is 6.72. The number of carboxylic acids is 1. The van der Waals surface area contributed by atoms with E-state index in [2.05, 4.69) is 5.16 Å². The van der Waals surface area contributed by atoms with E-state index in [0.717, 1.165) is 5.56 Å². The van der Waals surface area contributed by atoms with E-state index in [-0.39, 0.29) is 17.6 Å². The lowest BCUT2D eigenvalue weighted by atomic mass is 9.83. The molecule has 2 aliphatic heterocycles. The average Bonchev–Trinajstić information content (AvgIpc) is 3.17. The number of carbonyl (C=O) groups excluding carboxylic acids is 1. The van der Waals surface area contributed by atoms with E-state index < -0.39 is 18.0 Å². The molecule has 0 radical (unpaired) electrons. The van der Waals surface area contributed by atoms with Crippen molar-refractivity contribution in [3.8, 4) is 0 Å². The van der Waals surface area contributed by atoms with E-state index in [9.17, 15) is 19.8 Å². The van der Waals surface area contributed by atoms with Gasteiger partial charge in [0, 0.05) is 24.5 Å². The molecule has 134 valence electrons. The number of hydrogen-bond donors (Lipinski definition) is 2. The highest BCUT2D eigenvalue weighted by Crippen LogP contribution is 2.47. The second kappa shape index (κ2) is 6.10. The Labute approximate surface area is 149 Å². The summed E-state index contributed by atoms with van der Waals surface area (Å²) in [6.07, 6.45) is 0.0900. The zero-order valence-corrected chi connectivity index (χ0v) is 14.1. The SMILES string of the molecule is C[C@@H](O)[C@H]1C(=O)N2C(C(=O)O)=C(c3cc(Cc4ccccc4)no3)C[C@H]12. The van der Waals surface area contributed by atoms with E-state index in [1.807, 2.05) is 30.3 Å². The first-order valence-electron chi connectivity index (χ1n) is 8.45. The predicted molar refractivity (Wildman–Crippen MR) is 90.7 cm³/mol. The third-order valence-corrected chi connectivity index (χ3v) is 5.02. The van der Waals surface area contributed by atoms with Crippen molar-refractivity contribution in [3.05, 3.63) is 59.1 Å². The molecule has 0 spiro atoms. The Balaban J connectivity index is 1.63. The third kappa shape index (κ3) is 2.52. The fourth-order valence-corrected chi connectivity index (χ4v) is 3.83. The van der Waals surface area contributed by atoms with Gasteiger partial charge in [0.25, 0.3) is 0 Å². The van der Waals surface area contributed by atoms with Gasteiger partial charge in [-0.25, -0.2) is 4.79 Å². The lowest BCUT2D eigenvalue weighted by molar-refractivity contribution is -0.161. The van der Waals surface area contributed by atoms with Crippen LogP contribution in [0.15, 0.2) is 46.6 Å². The summed E-state index contributed by atoms with van der Waals surface area (Å²) in [4.78, 5) is 25.2. The van der Waals surface area contributed by atoms with E-state index in [1.165, 1.54) is 4.90 Å². The van der Waals surface area contributed by atoms with Crippen molar-refractivity contribution < 1.29 is 24.3 Å². The van der Waals surface area contributed by atoms with Gasteiger partial charge in [-0.1, -0.05) is 35.5 Å². The lowest BCUT2D eigenvalue weighted by Gasteiger charge is -2.44. The molecular weight excluding hydrogens is 336 g/mol. The molecule has 1 aromatic heterocycles. The Bertz CT molecular complexity index is 900. The number of nitrogens with zero attached hydrogens (tertiary/aromatic N) is 2. The van der Waals surface area contributed by atoms with Crippen LogP contribution in [0.2, 0.25) is 0 Å². The number of aromatic nitrogens is 1. The van der Waals surface area contributed by atoms with Crippen molar-refractivity contribution in [2.24, 2.45) is 5.92 Å². The lowest BCUT2D eigenvalue weighted by Crippen LogP contribution is -2.61. The van der Waals surface area contributed by atoms with Crippen molar-refractivity contribution in [2.75, 3.05) is 0 Å². The molecule has 4 rings (SSSR count).